The Morgan fingerprint density at radius 1 is 1.19 bits per heavy atom. The van der Waals surface area contributed by atoms with Gasteiger partial charge in [-0.1, -0.05) is 24.3 Å². The minimum atomic E-state index is -0.207. The second-order valence-electron chi connectivity index (χ2n) is 7.19. The highest BCUT2D eigenvalue weighted by Crippen LogP contribution is 2.25. The predicted octanol–water partition coefficient (Wildman–Crippen LogP) is 2.80. The fraction of sp³-hybridized carbons (Fsp3) is 0.333. The molecule has 0 radical (unpaired) electrons. The Labute approximate surface area is 158 Å². The number of hydrogen-bond donors (Lipinski definition) is 2. The first-order valence-corrected chi connectivity index (χ1v) is 9.33. The van der Waals surface area contributed by atoms with E-state index in [2.05, 4.69) is 27.4 Å². The second kappa shape index (κ2) is 7.40. The van der Waals surface area contributed by atoms with Gasteiger partial charge in [0.25, 0.3) is 5.91 Å². The van der Waals surface area contributed by atoms with Crippen molar-refractivity contribution >= 4 is 16.8 Å². The molecule has 1 aliphatic rings. The van der Waals surface area contributed by atoms with Gasteiger partial charge >= 0.3 is 0 Å². The highest BCUT2D eigenvalue weighted by atomic mass is 16.3. The van der Waals surface area contributed by atoms with Crippen molar-refractivity contribution in [1.29, 1.82) is 0 Å². The van der Waals surface area contributed by atoms with Crippen LogP contribution in [-0.4, -0.2) is 38.8 Å². The fourth-order valence-corrected chi connectivity index (χ4v) is 3.75. The van der Waals surface area contributed by atoms with Crippen molar-refractivity contribution in [2.75, 3.05) is 13.1 Å². The molecule has 2 heterocycles. The van der Waals surface area contributed by atoms with E-state index < -0.39 is 0 Å². The van der Waals surface area contributed by atoms with Crippen LogP contribution < -0.4 is 5.32 Å². The maximum Gasteiger partial charge on any atom is 0.251 e. The molecule has 1 fully saturated rings. The number of amides is 1. The molecule has 4 rings (SSSR count). The third-order valence-corrected chi connectivity index (χ3v) is 5.12. The number of carbonyl (C=O) groups excluding carboxylic acids is 1. The van der Waals surface area contributed by atoms with Gasteiger partial charge in [0, 0.05) is 31.1 Å². The van der Waals surface area contributed by atoms with Crippen LogP contribution in [0.25, 0.3) is 10.9 Å². The van der Waals surface area contributed by atoms with Crippen LogP contribution in [-0.2, 0) is 20.1 Å². The van der Waals surface area contributed by atoms with Crippen molar-refractivity contribution in [3.05, 3.63) is 59.3 Å². The molecule has 0 aliphatic carbocycles. The first-order valence-electron chi connectivity index (χ1n) is 9.33. The van der Waals surface area contributed by atoms with Gasteiger partial charge in [0.1, 0.15) is 11.3 Å². The van der Waals surface area contributed by atoms with Gasteiger partial charge < -0.3 is 10.4 Å². The number of carbonyl (C=O) groups is 1. The summed E-state index contributed by atoms with van der Waals surface area (Å²) in [6.07, 6.45) is 4.21. The van der Waals surface area contributed by atoms with E-state index in [0.717, 1.165) is 17.5 Å². The lowest BCUT2D eigenvalue weighted by Gasteiger charge is -2.15. The van der Waals surface area contributed by atoms with E-state index in [1.807, 2.05) is 12.1 Å². The molecule has 2 aromatic carbocycles. The van der Waals surface area contributed by atoms with Crippen LogP contribution in [0.4, 0.5) is 0 Å². The number of aromatic nitrogens is 2. The summed E-state index contributed by atoms with van der Waals surface area (Å²) in [6.45, 7) is 3.76. The maximum absolute atomic E-state index is 12.5. The van der Waals surface area contributed by atoms with Crippen molar-refractivity contribution in [3.8, 4) is 5.75 Å². The molecule has 2 N–H and O–H groups in total. The molecule has 0 unspecified atom stereocenters. The highest BCUT2D eigenvalue weighted by Gasteiger charge is 2.14. The summed E-state index contributed by atoms with van der Waals surface area (Å²) < 4.78 is 1.60. The predicted molar refractivity (Wildman–Crippen MR) is 105 cm³/mol. The van der Waals surface area contributed by atoms with Crippen LogP contribution in [0, 0.1) is 0 Å². The summed E-state index contributed by atoms with van der Waals surface area (Å²) in [5.74, 6) is -0.147. The molecular formula is C21H24N4O2. The topological polar surface area (TPSA) is 70.4 Å². The molecule has 1 aromatic heterocycles. The Bertz CT molecular complexity index is 973. The number of phenols is 1. The molecule has 140 valence electrons. The Morgan fingerprint density at radius 3 is 2.78 bits per heavy atom. The molecule has 0 saturated carbocycles. The summed E-state index contributed by atoms with van der Waals surface area (Å²) >= 11 is 0. The number of likely N-dealkylation sites (tertiary alicyclic amines) is 1. The zero-order chi connectivity index (χ0) is 18.8. The van der Waals surface area contributed by atoms with E-state index in [-0.39, 0.29) is 11.7 Å². The van der Waals surface area contributed by atoms with Gasteiger partial charge in [0.15, 0.2) is 0 Å². The molecule has 1 amide bonds. The summed E-state index contributed by atoms with van der Waals surface area (Å²) in [5.41, 5.74) is 3.41. The molecule has 27 heavy (non-hydrogen) atoms. The number of rotatable bonds is 5. The SMILES string of the molecule is Cn1ncc2cc(C(=O)NCc3cccc(CN4CCCC4)c3)cc(O)c21. The minimum absolute atomic E-state index is 0.0604. The number of nitrogens with one attached hydrogen (secondary N) is 1. The Morgan fingerprint density at radius 2 is 1.96 bits per heavy atom. The lowest BCUT2D eigenvalue weighted by Crippen LogP contribution is -2.23. The van der Waals surface area contributed by atoms with Crippen LogP contribution in [0.3, 0.4) is 0 Å². The minimum Gasteiger partial charge on any atom is -0.506 e. The lowest BCUT2D eigenvalue weighted by atomic mass is 10.1. The number of benzene rings is 2. The molecule has 0 spiro atoms. The summed E-state index contributed by atoms with van der Waals surface area (Å²) in [7, 11) is 1.76. The third-order valence-electron chi connectivity index (χ3n) is 5.12. The van der Waals surface area contributed by atoms with Gasteiger partial charge in [-0.15, -0.1) is 0 Å². The Balaban J connectivity index is 1.43. The third kappa shape index (κ3) is 3.80. The van der Waals surface area contributed by atoms with Crippen molar-refractivity contribution in [2.24, 2.45) is 7.05 Å². The first-order chi connectivity index (χ1) is 13.1. The first kappa shape index (κ1) is 17.5. The van der Waals surface area contributed by atoms with E-state index in [1.54, 1.807) is 24.0 Å². The fourth-order valence-electron chi connectivity index (χ4n) is 3.75. The van der Waals surface area contributed by atoms with E-state index in [1.165, 1.54) is 37.6 Å². The molecular weight excluding hydrogens is 340 g/mol. The van der Waals surface area contributed by atoms with E-state index in [4.69, 9.17) is 0 Å². The zero-order valence-corrected chi connectivity index (χ0v) is 15.5. The summed E-state index contributed by atoms with van der Waals surface area (Å²) in [6, 6.07) is 11.6. The molecule has 6 nitrogen and oxygen atoms in total. The quantitative estimate of drug-likeness (QED) is 0.730. The zero-order valence-electron chi connectivity index (χ0n) is 15.5. The average molecular weight is 364 g/mol. The highest BCUT2D eigenvalue weighted by molar-refractivity contribution is 5.99. The molecule has 0 atom stereocenters. The molecule has 1 saturated heterocycles. The second-order valence-corrected chi connectivity index (χ2v) is 7.19. The van der Waals surface area contributed by atoms with Crippen LogP contribution in [0.1, 0.15) is 34.3 Å². The van der Waals surface area contributed by atoms with E-state index in [9.17, 15) is 9.90 Å². The average Bonchev–Trinajstić information content (AvgIpc) is 3.30. The van der Waals surface area contributed by atoms with Crippen molar-refractivity contribution in [1.82, 2.24) is 20.0 Å². The van der Waals surface area contributed by atoms with Gasteiger partial charge in [0.05, 0.1) is 6.20 Å². The number of aryl methyl sites for hydroxylation is 1. The van der Waals surface area contributed by atoms with Gasteiger partial charge in [-0.25, -0.2) is 0 Å². The summed E-state index contributed by atoms with van der Waals surface area (Å²) in [4.78, 5) is 15.0. The number of aromatic hydroxyl groups is 1. The molecule has 1 aliphatic heterocycles. The van der Waals surface area contributed by atoms with Gasteiger partial charge in [-0.3, -0.25) is 14.4 Å². The van der Waals surface area contributed by atoms with Crippen LogP contribution >= 0.6 is 0 Å². The van der Waals surface area contributed by atoms with Gasteiger partial charge in [0.2, 0.25) is 0 Å². The van der Waals surface area contributed by atoms with Crippen LogP contribution in [0.2, 0.25) is 0 Å². The monoisotopic (exact) mass is 364 g/mol. The van der Waals surface area contributed by atoms with E-state index >= 15 is 0 Å². The Kier molecular flexibility index (Phi) is 4.81. The molecule has 0 bridgehead atoms. The normalized spacial score (nSPS) is 14.7. The molecule has 6 heteroatoms. The lowest BCUT2D eigenvalue weighted by molar-refractivity contribution is 0.0950. The number of phenolic OH excluding ortho intramolecular Hbond substituents is 1. The summed E-state index contributed by atoms with van der Waals surface area (Å²) in [5, 5.41) is 18.0. The standard InChI is InChI=1S/C21H24N4O2/c1-24-20-18(13-23-24)10-17(11-19(20)26)21(27)22-12-15-5-4-6-16(9-15)14-25-7-2-3-8-25/h4-6,9-11,13,26H,2-3,7-8,12,14H2,1H3,(H,22,27). The Hall–Kier alpha value is -2.86. The van der Waals surface area contributed by atoms with Crippen LogP contribution in [0.5, 0.6) is 5.75 Å². The van der Waals surface area contributed by atoms with Crippen LogP contribution in [0.15, 0.2) is 42.6 Å². The maximum atomic E-state index is 12.5. The number of hydrogen-bond acceptors (Lipinski definition) is 4. The number of fused-ring (bicyclic) bond motifs is 1. The van der Waals surface area contributed by atoms with Gasteiger partial charge in [-0.2, -0.15) is 5.10 Å². The van der Waals surface area contributed by atoms with Crippen molar-refractivity contribution in [2.45, 2.75) is 25.9 Å². The number of nitrogens with zero attached hydrogens (tertiary/aromatic N) is 3. The largest absolute Gasteiger partial charge is 0.506 e. The van der Waals surface area contributed by atoms with Crippen molar-refractivity contribution in [3.63, 3.8) is 0 Å². The van der Waals surface area contributed by atoms with E-state index in [0.29, 0.717) is 17.6 Å². The smallest absolute Gasteiger partial charge is 0.251 e. The van der Waals surface area contributed by atoms with Gasteiger partial charge in [-0.05, 0) is 49.2 Å². The van der Waals surface area contributed by atoms with Crippen molar-refractivity contribution < 1.29 is 9.90 Å². The molecule has 3 aromatic rings.